The quantitative estimate of drug-likeness (QED) is 0.426. The summed E-state index contributed by atoms with van der Waals surface area (Å²) in [6.07, 6.45) is 1.01. The number of fused-ring (bicyclic) bond motifs is 1. The van der Waals surface area contributed by atoms with E-state index in [1.54, 1.807) is 16.8 Å². The van der Waals surface area contributed by atoms with Crippen molar-refractivity contribution in [2.45, 2.75) is 63.6 Å². The number of rotatable bonds is 6. The van der Waals surface area contributed by atoms with Crippen molar-refractivity contribution in [1.29, 1.82) is 0 Å². The molecule has 8 nitrogen and oxygen atoms in total. The molecule has 39 heavy (non-hydrogen) atoms. The highest BCUT2D eigenvalue weighted by Gasteiger charge is 2.50. The summed E-state index contributed by atoms with van der Waals surface area (Å²) in [6.45, 7) is 5.64. The summed E-state index contributed by atoms with van der Waals surface area (Å²) < 4.78 is 5.97. The van der Waals surface area contributed by atoms with E-state index in [0.717, 1.165) is 41.5 Å². The van der Waals surface area contributed by atoms with Crippen LogP contribution in [0.4, 0.5) is 10.5 Å². The highest BCUT2D eigenvalue weighted by atomic mass is 16.5. The lowest BCUT2D eigenvalue weighted by Gasteiger charge is -2.54. The largest absolute Gasteiger partial charge is 0.465 e. The number of aromatic nitrogens is 1. The lowest BCUT2D eigenvalue weighted by Crippen LogP contribution is -2.60. The maximum absolute atomic E-state index is 12.8. The minimum Gasteiger partial charge on any atom is -0.465 e. The van der Waals surface area contributed by atoms with E-state index in [2.05, 4.69) is 0 Å². The third-order valence-corrected chi connectivity index (χ3v) is 7.83. The van der Waals surface area contributed by atoms with Gasteiger partial charge in [0.2, 0.25) is 5.88 Å². The van der Waals surface area contributed by atoms with Crippen LogP contribution in [0.2, 0.25) is 0 Å². The molecule has 1 fully saturated rings. The molecule has 0 spiro atoms. The molecule has 1 saturated carbocycles. The molecule has 2 amide bonds. The van der Waals surface area contributed by atoms with E-state index in [0.29, 0.717) is 17.3 Å². The smallest absolute Gasteiger partial charge is 0.408 e. The van der Waals surface area contributed by atoms with Crippen molar-refractivity contribution in [2.24, 2.45) is 0 Å². The number of carboxylic acid groups (broad SMARTS) is 1. The van der Waals surface area contributed by atoms with E-state index in [1.807, 2.05) is 81.4 Å². The summed E-state index contributed by atoms with van der Waals surface area (Å²) in [6, 6.07) is 19.8. The fourth-order valence-electron chi connectivity index (χ4n) is 5.89. The molecule has 0 bridgehead atoms. The Morgan fingerprint density at radius 1 is 1.10 bits per heavy atom. The first-order chi connectivity index (χ1) is 18.6. The van der Waals surface area contributed by atoms with E-state index in [-0.39, 0.29) is 18.9 Å². The standard InChI is InChI=1S/C31H35N3O5/c1-30(2,3)34(29(37)38)31(16-8-17-31)22-13-11-21(12-14-22)26-23(20-9-6-5-7-10-20)19-24-27(32-26)39-25(15-18-35)28(36)33(24)4/h5-7,9-14,19,25,35H,8,15-18H2,1-4H3,(H,37,38). The fraction of sp³-hybridized carbons (Fsp3) is 0.387. The molecule has 1 aliphatic carbocycles. The number of hydrogen-bond acceptors (Lipinski definition) is 5. The number of pyridine rings is 1. The van der Waals surface area contributed by atoms with Crippen LogP contribution >= 0.6 is 0 Å². The number of carbonyl (C=O) groups excluding carboxylic acids is 1. The van der Waals surface area contributed by atoms with Crippen LogP contribution in [0.1, 0.15) is 52.0 Å². The summed E-state index contributed by atoms with van der Waals surface area (Å²) in [7, 11) is 1.69. The van der Waals surface area contributed by atoms with Gasteiger partial charge in [-0.25, -0.2) is 9.78 Å². The van der Waals surface area contributed by atoms with Crippen LogP contribution in [0.15, 0.2) is 60.7 Å². The maximum atomic E-state index is 12.8. The van der Waals surface area contributed by atoms with E-state index >= 15 is 0 Å². The molecule has 0 radical (unpaired) electrons. The minimum absolute atomic E-state index is 0.167. The average Bonchev–Trinajstić information content (AvgIpc) is 2.88. The highest BCUT2D eigenvalue weighted by molar-refractivity contribution is 6.00. The van der Waals surface area contributed by atoms with E-state index in [9.17, 15) is 19.8 Å². The van der Waals surface area contributed by atoms with Gasteiger partial charge < -0.3 is 19.8 Å². The van der Waals surface area contributed by atoms with Crippen LogP contribution in [-0.4, -0.2) is 57.4 Å². The Hall–Kier alpha value is -3.91. The number of ether oxygens (including phenoxy) is 1. The maximum Gasteiger partial charge on any atom is 0.408 e. The van der Waals surface area contributed by atoms with Crippen molar-refractivity contribution in [2.75, 3.05) is 18.6 Å². The van der Waals surface area contributed by atoms with Gasteiger partial charge >= 0.3 is 6.09 Å². The van der Waals surface area contributed by atoms with Crippen LogP contribution in [0.5, 0.6) is 5.88 Å². The molecule has 8 heteroatoms. The monoisotopic (exact) mass is 529 g/mol. The highest BCUT2D eigenvalue weighted by Crippen LogP contribution is 2.50. The van der Waals surface area contributed by atoms with Crippen molar-refractivity contribution >= 4 is 17.7 Å². The molecule has 1 aromatic heterocycles. The number of hydrogen-bond donors (Lipinski definition) is 2. The molecule has 2 aromatic carbocycles. The first-order valence-corrected chi connectivity index (χ1v) is 13.4. The normalized spacial score (nSPS) is 18.1. The molecule has 3 aromatic rings. The van der Waals surface area contributed by atoms with Crippen molar-refractivity contribution in [3.05, 3.63) is 66.2 Å². The first-order valence-electron chi connectivity index (χ1n) is 13.4. The van der Waals surface area contributed by atoms with Gasteiger partial charge in [-0.05, 0) is 57.2 Å². The van der Waals surface area contributed by atoms with Gasteiger partial charge in [0, 0.05) is 36.7 Å². The number of nitrogens with zero attached hydrogens (tertiary/aromatic N) is 3. The van der Waals surface area contributed by atoms with Crippen molar-refractivity contribution in [3.8, 4) is 28.3 Å². The van der Waals surface area contributed by atoms with Crippen LogP contribution in [0, 0.1) is 0 Å². The molecule has 2 aliphatic rings. The summed E-state index contributed by atoms with van der Waals surface area (Å²) in [5, 5.41) is 19.6. The van der Waals surface area contributed by atoms with Gasteiger partial charge in [0.15, 0.2) is 6.10 Å². The van der Waals surface area contributed by atoms with Crippen LogP contribution < -0.4 is 9.64 Å². The molecular formula is C31H35N3O5. The molecular weight excluding hydrogens is 494 g/mol. The summed E-state index contributed by atoms with van der Waals surface area (Å²) >= 11 is 0. The molecule has 0 saturated heterocycles. The number of carbonyl (C=O) groups is 2. The number of likely N-dealkylation sites (N-methyl/N-ethyl adjacent to an activating group) is 1. The predicted octanol–water partition coefficient (Wildman–Crippen LogP) is 5.68. The Morgan fingerprint density at radius 3 is 2.31 bits per heavy atom. The topological polar surface area (TPSA) is 103 Å². The van der Waals surface area contributed by atoms with Crippen molar-refractivity contribution in [1.82, 2.24) is 9.88 Å². The number of benzene rings is 2. The lowest BCUT2D eigenvalue weighted by molar-refractivity contribution is -0.126. The van der Waals surface area contributed by atoms with Gasteiger partial charge in [0.1, 0.15) is 5.69 Å². The second-order valence-electron chi connectivity index (χ2n) is 11.3. The van der Waals surface area contributed by atoms with Gasteiger partial charge in [-0.15, -0.1) is 0 Å². The summed E-state index contributed by atoms with van der Waals surface area (Å²) in [5.41, 5.74) is 3.80. The number of amides is 2. The SMILES string of the molecule is CN1C(=O)C(CCO)Oc2nc(-c3ccc(C4(N(C(=O)O)C(C)(C)C)CCC4)cc3)c(-c3ccccc3)cc21. The second-order valence-corrected chi connectivity index (χ2v) is 11.3. The van der Waals surface area contributed by atoms with Gasteiger partial charge in [-0.1, -0.05) is 54.6 Å². The zero-order chi connectivity index (χ0) is 27.9. The van der Waals surface area contributed by atoms with Gasteiger partial charge in [0.25, 0.3) is 5.91 Å². The molecule has 1 aliphatic heterocycles. The van der Waals surface area contributed by atoms with Crippen LogP contribution in [0.25, 0.3) is 22.4 Å². The summed E-state index contributed by atoms with van der Waals surface area (Å²) in [5.74, 6) is 0.122. The van der Waals surface area contributed by atoms with Crippen molar-refractivity contribution in [3.63, 3.8) is 0 Å². The number of aliphatic hydroxyl groups excluding tert-OH is 1. The van der Waals surface area contributed by atoms with Crippen LogP contribution in [0.3, 0.4) is 0 Å². The molecule has 2 heterocycles. The van der Waals surface area contributed by atoms with Gasteiger partial charge in [-0.3, -0.25) is 9.69 Å². The zero-order valence-corrected chi connectivity index (χ0v) is 22.8. The number of anilines is 1. The number of aliphatic hydroxyl groups is 1. The third kappa shape index (κ3) is 4.63. The fourth-order valence-corrected chi connectivity index (χ4v) is 5.89. The Labute approximate surface area is 228 Å². The van der Waals surface area contributed by atoms with E-state index < -0.39 is 23.3 Å². The zero-order valence-electron chi connectivity index (χ0n) is 22.8. The first kappa shape index (κ1) is 26.7. The van der Waals surface area contributed by atoms with Crippen LogP contribution in [-0.2, 0) is 10.3 Å². The Morgan fingerprint density at radius 2 is 1.77 bits per heavy atom. The predicted molar refractivity (Wildman–Crippen MR) is 150 cm³/mol. The molecule has 204 valence electrons. The van der Waals surface area contributed by atoms with Gasteiger partial charge in [0.05, 0.1) is 11.2 Å². The summed E-state index contributed by atoms with van der Waals surface area (Å²) in [4.78, 5) is 33.3. The average molecular weight is 530 g/mol. The van der Waals surface area contributed by atoms with Gasteiger partial charge in [-0.2, -0.15) is 0 Å². The molecule has 1 atom stereocenters. The third-order valence-electron chi connectivity index (χ3n) is 7.83. The Bertz CT molecular complexity index is 1380. The minimum atomic E-state index is -0.915. The molecule has 5 rings (SSSR count). The lowest BCUT2D eigenvalue weighted by atomic mass is 9.69. The molecule has 1 unspecified atom stereocenters. The molecule has 2 N–H and O–H groups in total. The van der Waals surface area contributed by atoms with E-state index in [4.69, 9.17) is 9.72 Å². The Balaban J connectivity index is 1.61. The van der Waals surface area contributed by atoms with Crippen molar-refractivity contribution < 1.29 is 24.5 Å². The van der Waals surface area contributed by atoms with E-state index in [1.165, 1.54) is 0 Å². The Kier molecular flexibility index (Phi) is 6.84. The second kappa shape index (κ2) is 10.0.